The van der Waals surface area contributed by atoms with Gasteiger partial charge in [0.2, 0.25) is 0 Å². The fourth-order valence-electron chi connectivity index (χ4n) is 3.46. The first kappa shape index (κ1) is 20.4. The number of aliphatic hydroxyl groups is 1. The molecule has 26 heavy (non-hydrogen) atoms. The zero-order chi connectivity index (χ0) is 19.2. The Morgan fingerprint density at radius 1 is 1.27 bits per heavy atom. The molecule has 0 amide bonds. The highest BCUT2D eigenvalue weighted by Gasteiger charge is 2.45. The molecule has 2 rings (SSSR count). The average molecular weight is 358 g/mol. The Labute approximate surface area is 156 Å². The van der Waals surface area contributed by atoms with Crippen LogP contribution >= 0.6 is 0 Å². The summed E-state index contributed by atoms with van der Waals surface area (Å²) in [5.74, 6) is -0.201. The van der Waals surface area contributed by atoms with Crippen LogP contribution in [0.4, 0.5) is 0 Å². The van der Waals surface area contributed by atoms with Crippen molar-refractivity contribution >= 4 is 11.6 Å². The van der Waals surface area contributed by atoms with E-state index in [0.29, 0.717) is 12.2 Å². The minimum Gasteiger partial charge on any atom is -0.465 e. The number of carbonyl (C=O) groups excluding carboxylic acids is 2. The number of ether oxygens (including phenoxy) is 1. The lowest BCUT2D eigenvalue weighted by atomic mass is 9.70. The molecule has 1 aliphatic carbocycles. The molecule has 0 fully saturated rings. The summed E-state index contributed by atoms with van der Waals surface area (Å²) < 4.78 is 5.59. The fraction of sp³-hybridized carbons (Fsp3) is 0.545. The van der Waals surface area contributed by atoms with Crippen molar-refractivity contribution in [1.82, 2.24) is 0 Å². The Hall–Kier alpha value is -1.94. The van der Waals surface area contributed by atoms with Gasteiger partial charge in [-0.1, -0.05) is 38.7 Å². The highest BCUT2D eigenvalue weighted by Crippen LogP contribution is 2.41. The van der Waals surface area contributed by atoms with Crippen LogP contribution in [0.3, 0.4) is 0 Å². The molecule has 0 saturated carbocycles. The van der Waals surface area contributed by atoms with Crippen LogP contribution < -0.4 is 0 Å². The monoisotopic (exact) mass is 358 g/mol. The molecular formula is C22H30O4. The number of unbranched alkanes of at least 4 members (excludes halogenated alkanes) is 4. The molecule has 0 bridgehead atoms. The standard InChI is InChI=1S/C22H30O4/c1-4-6-7-8-9-11-17(23)14-20-19-15-26-18(10-5-2)12-16(19)13-21(24)22(20,3)25/h5,10,12-13,15,20,25H,4,6-9,11,14H2,1-3H3. The van der Waals surface area contributed by atoms with Crippen molar-refractivity contribution in [3.8, 4) is 0 Å². The maximum absolute atomic E-state index is 12.4. The molecular weight excluding hydrogens is 328 g/mol. The van der Waals surface area contributed by atoms with Gasteiger partial charge in [0, 0.05) is 24.3 Å². The van der Waals surface area contributed by atoms with Gasteiger partial charge >= 0.3 is 0 Å². The van der Waals surface area contributed by atoms with Crippen molar-refractivity contribution in [1.29, 1.82) is 0 Å². The van der Waals surface area contributed by atoms with Crippen LogP contribution in [0.15, 0.2) is 47.5 Å². The molecule has 0 aromatic rings. The summed E-state index contributed by atoms with van der Waals surface area (Å²) in [7, 11) is 0. The Kier molecular flexibility index (Phi) is 7.15. The Bertz CT molecular complexity index is 662. The molecule has 0 radical (unpaired) electrons. The van der Waals surface area contributed by atoms with Crippen LogP contribution in [-0.2, 0) is 14.3 Å². The highest BCUT2D eigenvalue weighted by atomic mass is 16.5. The Morgan fingerprint density at radius 2 is 2.00 bits per heavy atom. The normalized spacial score (nSPS) is 25.3. The van der Waals surface area contributed by atoms with E-state index in [4.69, 9.17) is 4.74 Å². The van der Waals surface area contributed by atoms with Gasteiger partial charge in [0.05, 0.1) is 6.26 Å². The molecule has 4 nitrogen and oxygen atoms in total. The lowest BCUT2D eigenvalue weighted by Gasteiger charge is -2.37. The van der Waals surface area contributed by atoms with E-state index in [9.17, 15) is 14.7 Å². The Morgan fingerprint density at radius 3 is 2.69 bits per heavy atom. The molecule has 4 heteroatoms. The van der Waals surface area contributed by atoms with Crippen molar-refractivity contribution in [2.24, 2.45) is 5.92 Å². The topological polar surface area (TPSA) is 63.6 Å². The summed E-state index contributed by atoms with van der Waals surface area (Å²) in [6.07, 6.45) is 14.5. The molecule has 2 unspecified atom stereocenters. The highest BCUT2D eigenvalue weighted by molar-refractivity contribution is 6.01. The summed E-state index contributed by atoms with van der Waals surface area (Å²) in [6.45, 7) is 5.54. The number of carbonyl (C=O) groups is 2. The van der Waals surface area contributed by atoms with Gasteiger partial charge in [-0.25, -0.2) is 0 Å². The van der Waals surface area contributed by atoms with Crippen molar-refractivity contribution in [3.63, 3.8) is 0 Å². The summed E-state index contributed by atoms with van der Waals surface area (Å²) >= 11 is 0. The number of hydrogen-bond acceptors (Lipinski definition) is 4. The van der Waals surface area contributed by atoms with E-state index in [0.717, 1.165) is 30.4 Å². The first-order valence-corrected chi connectivity index (χ1v) is 9.61. The van der Waals surface area contributed by atoms with E-state index in [2.05, 4.69) is 6.92 Å². The van der Waals surface area contributed by atoms with E-state index >= 15 is 0 Å². The molecule has 2 aliphatic rings. The molecule has 1 heterocycles. The van der Waals surface area contributed by atoms with Crippen molar-refractivity contribution in [2.75, 3.05) is 0 Å². The first-order valence-electron chi connectivity index (χ1n) is 9.61. The molecule has 0 aromatic carbocycles. The number of ketones is 2. The van der Waals surface area contributed by atoms with Gasteiger partial charge in [-0.3, -0.25) is 9.59 Å². The number of allylic oxidation sites excluding steroid dienone is 4. The van der Waals surface area contributed by atoms with E-state index in [1.54, 1.807) is 12.3 Å². The second-order valence-electron chi connectivity index (χ2n) is 7.31. The molecule has 0 saturated heterocycles. The third-order valence-corrected chi connectivity index (χ3v) is 5.11. The van der Waals surface area contributed by atoms with Gasteiger partial charge in [-0.05, 0) is 44.1 Å². The average Bonchev–Trinajstić information content (AvgIpc) is 2.59. The van der Waals surface area contributed by atoms with E-state index in [1.807, 2.05) is 19.1 Å². The fourth-order valence-corrected chi connectivity index (χ4v) is 3.46. The third kappa shape index (κ3) is 4.82. The van der Waals surface area contributed by atoms with Crippen molar-refractivity contribution in [3.05, 3.63) is 47.5 Å². The molecule has 142 valence electrons. The van der Waals surface area contributed by atoms with E-state index in [1.165, 1.54) is 25.8 Å². The van der Waals surface area contributed by atoms with Gasteiger partial charge in [-0.2, -0.15) is 0 Å². The predicted octanol–water partition coefficient (Wildman–Crippen LogP) is 4.56. The van der Waals surface area contributed by atoms with Gasteiger partial charge in [0.25, 0.3) is 0 Å². The number of fused-ring (bicyclic) bond motifs is 1. The Balaban J connectivity index is 2.08. The van der Waals surface area contributed by atoms with Gasteiger partial charge in [0.1, 0.15) is 17.1 Å². The molecule has 0 spiro atoms. The summed E-state index contributed by atoms with van der Waals surface area (Å²) in [5.41, 5.74) is -0.133. The number of rotatable bonds is 9. The van der Waals surface area contributed by atoms with Gasteiger partial charge < -0.3 is 9.84 Å². The maximum Gasteiger partial charge on any atom is 0.188 e. The summed E-state index contributed by atoms with van der Waals surface area (Å²) in [4.78, 5) is 24.8. The zero-order valence-corrected chi connectivity index (χ0v) is 16.1. The largest absolute Gasteiger partial charge is 0.465 e. The quantitative estimate of drug-likeness (QED) is 0.614. The van der Waals surface area contributed by atoms with Crippen LogP contribution in [0.1, 0.15) is 65.7 Å². The van der Waals surface area contributed by atoms with E-state index in [-0.39, 0.29) is 18.0 Å². The van der Waals surface area contributed by atoms with Crippen LogP contribution in [0.5, 0.6) is 0 Å². The molecule has 0 aromatic heterocycles. The zero-order valence-electron chi connectivity index (χ0n) is 16.1. The minimum absolute atomic E-state index is 0.0879. The van der Waals surface area contributed by atoms with Gasteiger partial charge in [-0.15, -0.1) is 0 Å². The maximum atomic E-state index is 12.4. The van der Waals surface area contributed by atoms with Crippen LogP contribution in [0.25, 0.3) is 0 Å². The van der Waals surface area contributed by atoms with Crippen molar-refractivity contribution < 1.29 is 19.4 Å². The molecule has 2 atom stereocenters. The van der Waals surface area contributed by atoms with Crippen LogP contribution in [0, 0.1) is 5.92 Å². The number of hydrogen-bond donors (Lipinski definition) is 1. The predicted molar refractivity (Wildman–Crippen MR) is 102 cm³/mol. The second-order valence-corrected chi connectivity index (χ2v) is 7.31. The van der Waals surface area contributed by atoms with E-state index < -0.39 is 11.5 Å². The molecule has 1 N–H and O–H groups in total. The second kappa shape index (κ2) is 9.13. The summed E-state index contributed by atoms with van der Waals surface area (Å²) in [5, 5.41) is 10.7. The minimum atomic E-state index is -1.58. The van der Waals surface area contributed by atoms with Gasteiger partial charge in [0.15, 0.2) is 5.78 Å². The molecule has 1 aliphatic heterocycles. The third-order valence-electron chi connectivity index (χ3n) is 5.11. The van der Waals surface area contributed by atoms with Crippen LogP contribution in [0.2, 0.25) is 0 Å². The lowest BCUT2D eigenvalue weighted by molar-refractivity contribution is -0.137. The van der Waals surface area contributed by atoms with Crippen LogP contribution in [-0.4, -0.2) is 22.3 Å². The first-order chi connectivity index (χ1) is 12.4. The smallest absolute Gasteiger partial charge is 0.188 e. The number of Topliss-reactive ketones (excluding diaryl/α,β-unsaturated/α-hetero) is 1. The lowest BCUT2D eigenvalue weighted by Crippen LogP contribution is -2.47. The van der Waals surface area contributed by atoms with Crippen molar-refractivity contribution in [2.45, 2.75) is 71.3 Å². The summed E-state index contributed by atoms with van der Waals surface area (Å²) in [6, 6.07) is 0. The SMILES string of the molecule is CC=CC1=CC2=CC(=O)C(C)(O)C(CC(=O)CCCCCCC)C2=CO1.